The lowest BCUT2D eigenvalue weighted by Crippen LogP contribution is -2.40. The first kappa shape index (κ1) is 29.0. The Morgan fingerprint density at radius 1 is 0.902 bits per heavy atom. The number of amides is 1. The number of carbonyl (C=O) groups excluding carboxylic acids is 1. The van der Waals surface area contributed by atoms with Gasteiger partial charge >= 0.3 is 0 Å². The molecule has 3 aromatic rings. The third kappa shape index (κ3) is 6.36. The number of amidine groups is 1. The van der Waals surface area contributed by atoms with E-state index in [2.05, 4.69) is 88.8 Å². The molecule has 8 heteroatoms. The monoisotopic (exact) mass is 555 g/mol. The first-order valence-electron chi connectivity index (χ1n) is 15.7. The number of anilines is 1. The minimum atomic E-state index is -0.496. The molecule has 0 atom stereocenters. The zero-order valence-corrected chi connectivity index (χ0v) is 25.0. The van der Waals surface area contributed by atoms with Crippen molar-refractivity contribution in [2.24, 2.45) is 4.99 Å². The average Bonchev–Trinajstić information content (AvgIpc) is 3.75. The fraction of sp³-hybridized carbons (Fsp3) is 0.545. The lowest BCUT2D eigenvalue weighted by molar-refractivity contribution is -0.131. The molecule has 2 aliphatic rings. The van der Waals surface area contributed by atoms with Crippen molar-refractivity contribution in [1.82, 2.24) is 25.5 Å². The Kier molecular flexibility index (Phi) is 9.47. The van der Waals surface area contributed by atoms with Crippen molar-refractivity contribution >= 4 is 17.4 Å². The second-order valence-electron chi connectivity index (χ2n) is 11.6. The lowest BCUT2D eigenvalue weighted by atomic mass is 9.96. The smallest absolute Gasteiger partial charge is 0.256 e. The fourth-order valence-corrected chi connectivity index (χ4v) is 6.30. The topological polar surface area (TPSA) is 90.4 Å². The van der Waals surface area contributed by atoms with Gasteiger partial charge in [0, 0.05) is 30.8 Å². The van der Waals surface area contributed by atoms with Gasteiger partial charge in [0.15, 0.2) is 0 Å². The van der Waals surface area contributed by atoms with Gasteiger partial charge in [0.2, 0.25) is 5.82 Å². The molecule has 1 spiro atoms. The molecule has 0 unspecified atom stereocenters. The molecule has 2 heterocycles. The molecule has 0 radical (unpaired) electrons. The van der Waals surface area contributed by atoms with Crippen molar-refractivity contribution in [3.05, 3.63) is 48.0 Å². The van der Waals surface area contributed by atoms with Gasteiger partial charge in [-0.25, -0.2) is 0 Å². The van der Waals surface area contributed by atoms with E-state index in [-0.39, 0.29) is 5.91 Å². The van der Waals surface area contributed by atoms with Crippen LogP contribution >= 0.6 is 0 Å². The Morgan fingerprint density at radius 3 is 2.37 bits per heavy atom. The maximum absolute atomic E-state index is 13.6. The predicted molar refractivity (Wildman–Crippen MR) is 166 cm³/mol. The van der Waals surface area contributed by atoms with E-state index in [1.54, 1.807) is 0 Å². The van der Waals surface area contributed by atoms with E-state index in [1.807, 2.05) is 4.90 Å². The number of hydrogen-bond donors (Lipinski definition) is 1. The highest BCUT2D eigenvalue weighted by Gasteiger charge is 2.49. The quantitative estimate of drug-likeness (QED) is 0.213. The summed E-state index contributed by atoms with van der Waals surface area (Å²) in [5.74, 6) is 1.77. The van der Waals surface area contributed by atoms with Crippen LogP contribution in [-0.2, 0) is 11.3 Å². The summed E-state index contributed by atoms with van der Waals surface area (Å²) >= 11 is 0. The van der Waals surface area contributed by atoms with Crippen LogP contribution in [0.5, 0.6) is 0 Å². The molecule has 5 rings (SSSR count). The molecule has 1 aliphatic heterocycles. The maximum atomic E-state index is 13.6. The van der Waals surface area contributed by atoms with Crippen molar-refractivity contribution in [3.63, 3.8) is 0 Å². The van der Waals surface area contributed by atoms with Gasteiger partial charge in [-0.15, -0.1) is 10.2 Å². The number of H-pyrrole nitrogens is 1. The highest BCUT2D eigenvalue weighted by atomic mass is 16.2. The summed E-state index contributed by atoms with van der Waals surface area (Å²) in [6, 6.07) is 15.2. The van der Waals surface area contributed by atoms with E-state index in [1.165, 1.54) is 24.9 Å². The molecule has 1 aromatic heterocycles. The number of aromatic amines is 1. The SMILES string of the molecule is CCCCCN(CCC)c1ccc(-c2nn[nH]n2)c(-c2ccc(CN3C(=O)C4(CCCC4)N=C3CCCC)cc2)c1. The van der Waals surface area contributed by atoms with Gasteiger partial charge in [-0.05, 0) is 72.2 Å². The maximum Gasteiger partial charge on any atom is 0.256 e. The molecule has 1 N–H and O–H groups in total. The van der Waals surface area contributed by atoms with E-state index in [9.17, 15) is 4.79 Å². The van der Waals surface area contributed by atoms with Crippen LogP contribution in [-0.4, -0.2) is 55.9 Å². The highest BCUT2D eigenvalue weighted by molar-refractivity contribution is 6.08. The molecule has 1 fully saturated rings. The van der Waals surface area contributed by atoms with E-state index in [0.29, 0.717) is 12.4 Å². The largest absolute Gasteiger partial charge is 0.372 e. The van der Waals surface area contributed by atoms with E-state index < -0.39 is 5.54 Å². The summed E-state index contributed by atoms with van der Waals surface area (Å²) in [5, 5.41) is 15.0. The Balaban J connectivity index is 1.41. The summed E-state index contributed by atoms with van der Waals surface area (Å²) in [6.07, 6.45) is 11.7. The molecule has 0 saturated heterocycles. The molecular formula is C33H45N7O. The van der Waals surface area contributed by atoms with E-state index in [4.69, 9.17) is 4.99 Å². The van der Waals surface area contributed by atoms with E-state index >= 15 is 0 Å². The number of nitrogens with one attached hydrogen (secondary N) is 1. The number of aliphatic imine (C=N–C) groups is 1. The zero-order chi connectivity index (χ0) is 28.7. The number of unbranched alkanes of at least 4 members (excludes halogenated alkanes) is 3. The zero-order valence-electron chi connectivity index (χ0n) is 25.0. The Morgan fingerprint density at radius 2 is 1.68 bits per heavy atom. The molecule has 218 valence electrons. The Bertz CT molecular complexity index is 1310. The van der Waals surface area contributed by atoms with Crippen LogP contribution in [0.1, 0.15) is 97.0 Å². The van der Waals surface area contributed by atoms with Crippen LogP contribution in [0.2, 0.25) is 0 Å². The summed E-state index contributed by atoms with van der Waals surface area (Å²) in [6.45, 7) is 9.32. The standard InChI is InChI=1S/C33H45N7O/c1-4-7-11-22-39(21-6-3)27-17-18-28(31-35-37-38-36-31)29(23-27)26-15-13-25(14-16-26)24-40-30(12-8-5-2)34-33(32(40)41)19-9-10-20-33/h13-18,23H,4-12,19-22,24H2,1-3H3,(H,35,36,37,38). The molecule has 1 saturated carbocycles. The number of hydrogen-bond acceptors (Lipinski definition) is 6. The van der Waals surface area contributed by atoms with Gasteiger partial charge in [0.1, 0.15) is 11.4 Å². The molecular weight excluding hydrogens is 510 g/mol. The Labute approximate surface area is 244 Å². The third-order valence-corrected chi connectivity index (χ3v) is 8.57. The molecule has 0 bridgehead atoms. The molecule has 1 amide bonds. The molecule has 2 aromatic carbocycles. The van der Waals surface area contributed by atoms with Gasteiger partial charge in [-0.2, -0.15) is 5.21 Å². The molecule has 8 nitrogen and oxygen atoms in total. The number of aromatic nitrogens is 4. The van der Waals surface area contributed by atoms with Crippen LogP contribution in [0.4, 0.5) is 5.69 Å². The number of benzene rings is 2. The van der Waals surface area contributed by atoms with E-state index in [0.717, 1.165) is 92.5 Å². The Hall–Kier alpha value is -3.55. The van der Waals surface area contributed by atoms with Gasteiger partial charge < -0.3 is 4.90 Å². The summed E-state index contributed by atoms with van der Waals surface area (Å²) in [4.78, 5) is 23.1. The summed E-state index contributed by atoms with van der Waals surface area (Å²) in [5.41, 5.74) is 4.97. The molecule has 41 heavy (non-hydrogen) atoms. The fourth-order valence-electron chi connectivity index (χ4n) is 6.30. The summed E-state index contributed by atoms with van der Waals surface area (Å²) < 4.78 is 0. The number of rotatable bonds is 14. The van der Waals surface area contributed by atoms with Crippen molar-refractivity contribution in [3.8, 4) is 22.5 Å². The van der Waals surface area contributed by atoms with Gasteiger partial charge in [-0.3, -0.25) is 14.7 Å². The predicted octanol–water partition coefficient (Wildman–Crippen LogP) is 7.18. The van der Waals surface area contributed by atoms with Crippen LogP contribution in [0, 0.1) is 0 Å². The number of tetrazole rings is 1. The van der Waals surface area contributed by atoms with Crippen molar-refractivity contribution in [2.45, 2.75) is 103 Å². The highest BCUT2D eigenvalue weighted by Crippen LogP contribution is 2.40. The van der Waals surface area contributed by atoms with Crippen LogP contribution in [0.3, 0.4) is 0 Å². The van der Waals surface area contributed by atoms with Crippen LogP contribution in [0.25, 0.3) is 22.5 Å². The van der Waals surface area contributed by atoms with Gasteiger partial charge in [-0.1, -0.05) is 77.1 Å². The average molecular weight is 556 g/mol. The summed E-state index contributed by atoms with van der Waals surface area (Å²) in [7, 11) is 0. The second kappa shape index (κ2) is 13.4. The first-order valence-corrected chi connectivity index (χ1v) is 15.7. The minimum Gasteiger partial charge on any atom is -0.372 e. The minimum absolute atomic E-state index is 0.205. The van der Waals surface area contributed by atoms with Crippen LogP contribution < -0.4 is 4.90 Å². The number of carbonyl (C=O) groups is 1. The van der Waals surface area contributed by atoms with Gasteiger partial charge in [0.05, 0.1) is 6.54 Å². The molecule has 1 aliphatic carbocycles. The first-order chi connectivity index (χ1) is 20.1. The van der Waals surface area contributed by atoms with Crippen molar-refractivity contribution in [1.29, 1.82) is 0 Å². The van der Waals surface area contributed by atoms with Crippen molar-refractivity contribution in [2.75, 3.05) is 18.0 Å². The van der Waals surface area contributed by atoms with Crippen LogP contribution in [0.15, 0.2) is 47.5 Å². The van der Waals surface area contributed by atoms with Crippen molar-refractivity contribution < 1.29 is 4.79 Å². The second-order valence-corrected chi connectivity index (χ2v) is 11.6. The lowest BCUT2D eigenvalue weighted by Gasteiger charge is -2.25. The normalized spacial score (nSPS) is 16.1. The number of nitrogens with zero attached hydrogens (tertiary/aromatic N) is 6. The third-order valence-electron chi connectivity index (χ3n) is 8.57. The van der Waals surface area contributed by atoms with Gasteiger partial charge in [0.25, 0.3) is 5.91 Å².